The summed E-state index contributed by atoms with van der Waals surface area (Å²) in [7, 11) is 0. The van der Waals surface area contributed by atoms with Crippen LogP contribution in [0.25, 0.3) is 26.0 Å². The van der Waals surface area contributed by atoms with Crippen molar-refractivity contribution in [2.24, 2.45) is 0 Å². The number of benzene rings is 3. The fourth-order valence-corrected chi connectivity index (χ4v) is 5.21. The van der Waals surface area contributed by atoms with E-state index in [1.165, 1.54) is 40.2 Å². The van der Waals surface area contributed by atoms with Gasteiger partial charge in [0.05, 0.1) is 11.2 Å². The highest BCUT2D eigenvalue weighted by Crippen LogP contribution is 2.31. The molecule has 34 heavy (non-hydrogen) atoms. The molecule has 3 aromatic carbocycles. The molecule has 2 heterocycles. The summed E-state index contributed by atoms with van der Waals surface area (Å²) < 4.78 is 16.8. The maximum absolute atomic E-state index is 13.7. The summed E-state index contributed by atoms with van der Waals surface area (Å²) in [5, 5.41) is 3.76. The first-order chi connectivity index (χ1) is 16.3. The van der Waals surface area contributed by atoms with Gasteiger partial charge in [-0.05, 0) is 55.0 Å². The lowest BCUT2D eigenvalue weighted by Crippen LogP contribution is -2.40. The second-order valence-corrected chi connectivity index (χ2v) is 9.26. The third-order valence-electron chi connectivity index (χ3n) is 5.50. The molecule has 0 aliphatic heterocycles. The first-order valence-corrected chi connectivity index (χ1v) is 11.5. The minimum Gasteiger partial charge on any atom is -0.325 e. The van der Waals surface area contributed by atoms with E-state index in [-0.39, 0.29) is 6.54 Å². The van der Waals surface area contributed by atoms with Crippen molar-refractivity contribution in [1.82, 2.24) is 9.13 Å². The quantitative estimate of drug-likeness (QED) is 0.378. The topological polar surface area (TPSA) is 73.1 Å². The van der Waals surface area contributed by atoms with Crippen LogP contribution >= 0.6 is 22.9 Å². The maximum atomic E-state index is 13.7. The van der Waals surface area contributed by atoms with Crippen LogP contribution in [0.2, 0.25) is 5.02 Å². The molecule has 0 spiro atoms. The molecule has 1 amide bonds. The molecule has 0 unspecified atom stereocenters. The minimum atomic E-state index is -0.652. The molecular formula is C25H17ClFN3O3S. The average Bonchev–Trinajstić information content (AvgIpc) is 3.20. The van der Waals surface area contributed by atoms with Crippen molar-refractivity contribution in [1.29, 1.82) is 0 Å². The number of nitrogens with zero attached hydrogens (tertiary/aromatic N) is 2. The predicted molar refractivity (Wildman–Crippen MR) is 134 cm³/mol. The van der Waals surface area contributed by atoms with Gasteiger partial charge in [-0.2, -0.15) is 0 Å². The molecule has 0 fully saturated rings. The summed E-state index contributed by atoms with van der Waals surface area (Å²) in [5.74, 6) is -0.914. The summed E-state index contributed by atoms with van der Waals surface area (Å²) in [6, 6.07) is 17.6. The second kappa shape index (κ2) is 8.55. The van der Waals surface area contributed by atoms with E-state index in [0.717, 1.165) is 9.27 Å². The van der Waals surface area contributed by atoms with Gasteiger partial charge in [0.25, 0.3) is 5.56 Å². The van der Waals surface area contributed by atoms with E-state index in [9.17, 15) is 18.8 Å². The molecule has 2 aromatic heterocycles. The monoisotopic (exact) mass is 493 g/mol. The number of amides is 1. The van der Waals surface area contributed by atoms with Gasteiger partial charge in [0.1, 0.15) is 17.1 Å². The van der Waals surface area contributed by atoms with Crippen molar-refractivity contribution in [3.05, 3.63) is 104 Å². The van der Waals surface area contributed by atoms with Crippen LogP contribution in [0.1, 0.15) is 5.56 Å². The number of thiophene rings is 1. The minimum absolute atomic E-state index is 0.340. The number of hydrogen-bond acceptors (Lipinski definition) is 4. The fourth-order valence-electron chi connectivity index (χ4n) is 3.91. The number of halogens is 2. The third-order valence-corrected chi connectivity index (χ3v) is 6.88. The average molecular weight is 494 g/mol. The Morgan fingerprint density at radius 3 is 2.56 bits per heavy atom. The number of carbonyl (C=O) groups excluding carboxylic acids is 1. The smallest absolute Gasteiger partial charge is 0.325 e. The lowest BCUT2D eigenvalue weighted by Gasteiger charge is -2.14. The highest BCUT2D eigenvalue weighted by Gasteiger charge is 2.21. The van der Waals surface area contributed by atoms with Crippen LogP contribution in [0.5, 0.6) is 0 Å². The molecule has 0 bridgehead atoms. The SMILES string of the molecule is Cc1ccc(Cl)cc1-n1c(=O)c2sc3ccccc3c2n(CC(=O)Nc2ccc(F)cc2)c1=O. The molecule has 0 saturated carbocycles. The van der Waals surface area contributed by atoms with Gasteiger partial charge in [0, 0.05) is 20.8 Å². The molecule has 0 saturated heterocycles. The maximum Gasteiger partial charge on any atom is 0.336 e. The summed E-state index contributed by atoms with van der Waals surface area (Å²) in [6.07, 6.45) is 0. The Morgan fingerprint density at radius 1 is 1.06 bits per heavy atom. The van der Waals surface area contributed by atoms with Crippen LogP contribution in [0.3, 0.4) is 0 Å². The van der Waals surface area contributed by atoms with Crippen LogP contribution < -0.4 is 16.6 Å². The molecule has 6 nitrogen and oxygen atoms in total. The first-order valence-electron chi connectivity index (χ1n) is 10.3. The molecule has 0 radical (unpaired) electrons. The normalized spacial score (nSPS) is 11.3. The van der Waals surface area contributed by atoms with Crippen LogP contribution in [0.15, 0.2) is 76.3 Å². The van der Waals surface area contributed by atoms with Gasteiger partial charge in [0.15, 0.2) is 0 Å². The number of hydrogen-bond donors (Lipinski definition) is 1. The molecule has 9 heteroatoms. The molecule has 1 N–H and O–H groups in total. The van der Waals surface area contributed by atoms with Gasteiger partial charge in [-0.3, -0.25) is 14.2 Å². The van der Waals surface area contributed by atoms with E-state index in [1.807, 2.05) is 24.3 Å². The van der Waals surface area contributed by atoms with E-state index in [1.54, 1.807) is 25.1 Å². The van der Waals surface area contributed by atoms with Gasteiger partial charge in [0.2, 0.25) is 5.91 Å². The number of aryl methyl sites for hydroxylation is 1. The molecule has 0 aliphatic carbocycles. The van der Waals surface area contributed by atoms with Gasteiger partial charge in [-0.25, -0.2) is 13.8 Å². The number of anilines is 1. The van der Waals surface area contributed by atoms with Crippen LogP contribution in [0.4, 0.5) is 10.1 Å². The molecular weight excluding hydrogens is 477 g/mol. The van der Waals surface area contributed by atoms with Gasteiger partial charge in [-0.15, -0.1) is 11.3 Å². The lowest BCUT2D eigenvalue weighted by atomic mass is 10.2. The Bertz CT molecular complexity index is 1700. The largest absolute Gasteiger partial charge is 0.336 e. The highest BCUT2D eigenvalue weighted by atomic mass is 35.5. The van der Waals surface area contributed by atoms with Crippen molar-refractivity contribution in [3.8, 4) is 5.69 Å². The van der Waals surface area contributed by atoms with E-state index >= 15 is 0 Å². The molecule has 5 aromatic rings. The molecule has 0 atom stereocenters. The summed E-state index contributed by atoms with van der Waals surface area (Å²) >= 11 is 7.43. The van der Waals surface area contributed by atoms with Crippen LogP contribution in [0, 0.1) is 12.7 Å². The Balaban J connectivity index is 1.74. The van der Waals surface area contributed by atoms with Crippen molar-refractivity contribution < 1.29 is 9.18 Å². The summed E-state index contributed by atoms with van der Waals surface area (Å²) in [6.45, 7) is 1.44. The van der Waals surface area contributed by atoms with Crippen molar-refractivity contribution >= 4 is 54.8 Å². The first kappa shape index (κ1) is 22.1. The van der Waals surface area contributed by atoms with Crippen molar-refractivity contribution in [2.75, 3.05) is 5.32 Å². The van der Waals surface area contributed by atoms with Crippen molar-refractivity contribution in [3.63, 3.8) is 0 Å². The van der Waals surface area contributed by atoms with Crippen LogP contribution in [-0.2, 0) is 11.3 Å². The Labute approximate surface area is 201 Å². The van der Waals surface area contributed by atoms with Gasteiger partial charge in [-0.1, -0.05) is 35.9 Å². The van der Waals surface area contributed by atoms with Gasteiger partial charge < -0.3 is 5.32 Å². The van der Waals surface area contributed by atoms with Gasteiger partial charge >= 0.3 is 5.69 Å². The molecule has 0 aliphatic rings. The number of fused-ring (bicyclic) bond motifs is 3. The third kappa shape index (κ3) is 3.81. The van der Waals surface area contributed by atoms with E-state index in [4.69, 9.17) is 11.6 Å². The number of aromatic nitrogens is 2. The highest BCUT2D eigenvalue weighted by molar-refractivity contribution is 7.25. The fraction of sp³-hybridized carbons (Fsp3) is 0.0800. The van der Waals surface area contributed by atoms with Crippen LogP contribution in [-0.4, -0.2) is 15.0 Å². The summed E-state index contributed by atoms with van der Waals surface area (Å²) in [4.78, 5) is 40.1. The standard InChI is InChI=1S/C25H17ClFN3O3S/c1-14-6-7-15(26)12-19(14)30-24(32)23-22(18-4-2-3-5-20(18)34-23)29(25(30)33)13-21(31)28-17-10-8-16(27)9-11-17/h2-12H,13H2,1H3,(H,28,31). The van der Waals surface area contributed by atoms with E-state index in [0.29, 0.717) is 37.6 Å². The lowest BCUT2D eigenvalue weighted by molar-refractivity contribution is -0.116. The Hall–Kier alpha value is -3.75. The molecule has 170 valence electrons. The second-order valence-electron chi connectivity index (χ2n) is 7.77. The van der Waals surface area contributed by atoms with E-state index in [2.05, 4.69) is 5.32 Å². The Kier molecular flexibility index (Phi) is 5.55. The zero-order valence-corrected chi connectivity index (χ0v) is 19.4. The number of carbonyl (C=O) groups is 1. The number of nitrogens with one attached hydrogen (secondary N) is 1. The predicted octanol–water partition coefficient (Wildman–Crippen LogP) is 5.11. The molecule has 5 rings (SSSR count). The van der Waals surface area contributed by atoms with Crippen molar-refractivity contribution in [2.45, 2.75) is 13.5 Å². The number of rotatable bonds is 4. The summed E-state index contributed by atoms with van der Waals surface area (Å²) in [5.41, 5.74) is 0.717. The van der Waals surface area contributed by atoms with E-state index < -0.39 is 23.0 Å². The zero-order chi connectivity index (χ0) is 24.0. The zero-order valence-electron chi connectivity index (χ0n) is 17.8. The Morgan fingerprint density at radius 2 is 1.79 bits per heavy atom.